The second-order valence-corrected chi connectivity index (χ2v) is 4.01. The third kappa shape index (κ3) is 2.54. The van der Waals surface area contributed by atoms with E-state index in [0.717, 1.165) is 18.1 Å². The molecule has 1 aromatic carbocycles. The van der Waals surface area contributed by atoms with Crippen molar-refractivity contribution >= 4 is 5.82 Å². The van der Waals surface area contributed by atoms with Crippen LogP contribution < -0.4 is 19.5 Å². The summed E-state index contributed by atoms with van der Waals surface area (Å²) in [5.74, 6) is 3.44. The zero-order valence-electron chi connectivity index (χ0n) is 10.6. The van der Waals surface area contributed by atoms with Crippen LogP contribution in [-0.4, -0.2) is 18.3 Å². The maximum atomic E-state index is 5.70. The zero-order valence-corrected chi connectivity index (χ0v) is 10.6. The molecule has 2 heterocycles. The standard InChI is InChI=1S/C14H14N2O3/c1-2-15-13-4-3-5-14(16-13)19-10-6-7-11-12(8-10)18-9-17-11/h3-8H,2,9H2,1H3,(H,15,16). The van der Waals surface area contributed by atoms with E-state index >= 15 is 0 Å². The summed E-state index contributed by atoms with van der Waals surface area (Å²) in [5.41, 5.74) is 0. The summed E-state index contributed by atoms with van der Waals surface area (Å²) in [6, 6.07) is 11.1. The fourth-order valence-electron chi connectivity index (χ4n) is 1.81. The number of nitrogens with one attached hydrogen (secondary N) is 1. The number of fused-ring (bicyclic) bond motifs is 1. The fraction of sp³-hybridized carbons (Fsp3) is 0.214. The van der Waals surface area contributed by atoms with Gasteiger partial charge in [0.2, 0.25) is 12.7 Å². The molecule has 0 aliphatic carbocycles. The van der Waals surface area contributed by atoms with Crippen molar-refractivity contribution in [2.45, 2.75) is 6.92 Å². The van der Waals surface area contributed by atoms with Gasteiger partial charge in [-0.2, -0.15) is 4.98 Å². The normalized spacial score (nSPS) is 12.3. The minimum Gasteiger partial charge on any atom is -0.454 e. The summed E-state index contributed by atoms with van der Waals surface area (Å²) in [7, 11) is 0. The Morgan fingerprint density at radius 2 is 2.11 bits per heavy atom. The lowest BCUT2D eigenvalue weighted by Crippen LogP contribution is -1.99. The van der Waals surface area contributed by atoms with Gasteiger partial charge in [-0.05, 0) is 25.1 Å². The number of ether oxygens (including phenoxy) is 3. The Morgan fingerprint density at radius 3 is 3.00 bits per heavy atom. The highest BCUT2D eigenvalue weighted by atomic mass is 16.7. The molecule has 0 saturated carbocycles. The van der Waals surface area contributed by atoms with Gasteiger partial charge in [0.05, 0.1) is 0 Å². The van der Waals surface area contributed by atoms with Crippen LogP contribution >= 0.6 is 0 Å². The van der Waals surface area contributed by atoms with E-state index in [1.165, 1.54) is 0 Å². The van der Waals surface area contributed by atoms with Gasteiger partial charge < -0.3 is 19.5 Å². The molecule has 1 aliphatic heterocycles. The third-order valence-corrected chi connectivity index (χ3v) is 2.65. The van der Waals surface area contributed by atoms with Gasteiger partial charge in [-0.25, -0.2) is 0 Å². The van der Waals surface area contributed by atoms with Crippen molar-refractivity contribution in [3.8, 4) is 23.1 Å². The van der Waals surface area contributed by atoms with Crippen molar-refractivity contribution in [3.05, 3.63) is 36.4 Å². The second-order valence-electron chi connectivity index (χ2n) is 4.01. The Balaban J connectivity index is 1.79. The van der Waals surface area contributed by atoms with Gasteiger partial charge in [-0.15, -0.1) is 0 Å². The van der Waals surface area contributed by atoms with Crippen LogP contribution in [0.25, 0.3) is 0 Å². The monoisotopic (exact) mass is 258 g/mol. The lowest BCUT2D eigenvalue weighted by Gasteiger charge is -2.07. The minimum absolute atomic E-state index is 0.257. The van der Waals surface area contributed by atoms with Gasteiger partial charge >= 0.3 is 0 Å². The zero-order chi connectivity index (χ0) is 13.1. The second kappa shape index (κ2) is 5.06. The predicted molar refractivity (Wildman–Crippen MR) is 71.0 cm³/mol. The summed E-state index contributed by atoms with van der Waals surface area (Å²) < 4.78 is 16.3. The molecule has 0 radical (unpaired) electrons. The molecule has 0 fully saturated rings. The van der Waals surface area contributed by atoms with Crippen LogP contribution in [0.15, 0.2) is 36.4 Å². The van der Waals surface area contributed by atoms with E-state index in [-0.39, 0.29) is 6.79 Å². The summed E-state index contributed by atoms with van der Waals surface area (Å²) >= 11 is 0. The van der Waals surface area contributed by atoms with Crippen LogP contribution in [-0.2, 0) is 0 Å². The highest BCUT2D eigenvalue weighted by molar-refractivity contribution is 5.48. The molecule has 1 aliphatic rings. The number of benzene rings is 1. The molecule has 0 unspecified atom stereocenters. The Morgan fingerprint density at radius 1 is 1.21 bits per heavy atom. The Hall–Kier alpha value is -2.43. The number of nitrogens with zero attached hydrogens (tertiary/aromatic N) is 1. The summed E-state index contributed by atoms with van der Waals surface area (Å²) in [4.78, 5) is 4.35. The van der Waals surface area contributed by atoms with E-state index < -0.39 is 0 Å². The SMILES string of the molecule is CCNc1cccc(Oc2ccc3c(c2)OCO3)n1. The lowest BCUT2D eigenvalue weighted by atomic mass is 10.3. The largest absolute Gasteiger partial charge is 0.454 e. The molecule has 5 nitrogen and oxygen atoms in total. The highest BCUT2D eigenvalue weighted by Gasteiger charge is 2.14. The molecule has 19 heavy (non-hydrogen) atoms. The summed E-state index contributed by atoms with van der Waals surface area (Å²) in [6.07, 6.45) is 0. The van der Waals surface area contributed by atoms with Crippen LogP contribution in [0.2, 0.25) is 0 Å². The first-order valence-corrected chi connectivity index (χ1v) is 6.13. The van der Waals surface area contributed by atoms with Gasteiger partial charge in [0, 0.05) is 18.7 Å². The molecule has 5 heteroatoms. The maximum Gasteiger partial charge on any atom is 0.231 e. The average molecular weight is 258 g/mol. The average Bonchev–Trinajstić information content (AvgIpc) is 2.87. The number of pyridine rings is 1. The predicted octanol–water partition coefficient (Wildman–Crippen LogP) is 3.03. The molecule has 3 rings (SSSR count). The van der Waals surface area contributed by atoms with Crippen LogP contribution in [0.4, 0.5) is 5.82 Å². The van der Waals surface area contributed by atoms with Crippen molar-refractivity contribution in [2.24, 2.45) is 0 Å². The molecule has 1 aromatic heterocycles. The van der Waals surface area contributed by atoms with Crippen molar-refractivity contribution < 1.29 is 14.2 Å². The molecule has 0 bridgehead atoms. The first-order valence-electron chi connectivity index (χ1n) is 6.13. The Labute approximate surface area is 111 Å². The minimum atomic E-state index is 0.257. The van der Waals surface area contributed by atoms with E-state index in [9.17, 15) is 0 Å². The number of hydrogen-bond donors (Lipinski definition) is 1. The van der Waals surface area contributed by atoms with E-state index in [4.69, 9.17) is 14.2 Å². The number of rotatable bonds is 4. The van der Waals surface area contributed by atoms with E-state index in [2.05, 4.69) is 10.3 Å². The molecule has 2 aromatic rings. The number of aromatic nitrogens is 1. The first kappa shape index (κ1) is 11.6. The van der Waals surface area contributed by atoms with Gasteiger partial charge in [-0.1, -0.05) is 6.07 Å². The van der Waals surface area contributed by atoms with Crippen molar-refractivity contribution in [1.29, 1.82) is 0 Å². The van der Waals surface area contributed by atoms with Crippen LogP contribution in [0.3, 0.4) is 0 Å². The molecule has 98 valence electrons. The van der Waals surface area contributed by atoms with Crippen molar-refractivity contribution in [3.63, 3.8) is 0 Å². The molecule has 0 amide bonds. The Bertz CT molecular complexity index is 587. The quantitative estimate of drug-likeness (QED) is 0.913. The molecular formula is C14H14N2O3. The summed E-state index contributed by atoms with van der Waals surface area (Å²) in [6.45, 7) is 3.10. The van der Waals surface area contributed by atoms with Gasteiger partial charge in [0.25, 0.3) is 0 Å². The smallest absolute Gasteiger partial charge is 0.231 e. The van der Waals surface area contributed by atoms with Gasteiger partial charge in [0.15, 0.2) is 11.5 Å². The lowest BCUT2D eigenvalue weighted by molar-refractivity contribution is 0.174. The van der Waals surface area contributed by atoms with Crippen LogP contribution in [0, 0.1) is 0 Å². The van der Waals surface area contributed by atoms with Gasteiger partial charge in [0.1, 0.15) is 11.6 Å². The van der Waals surface area contributed by atoms with E-state index in [0.29, 0.717) is 17.4 Å². The topological polar surface area (TPSA) is 52.6 Å². The summed E-state index contributed by atoms with van der Waals surface area (Å²) in [5, 5.41) is 3.14. The number of anilines is 1. The molecule has 1 N–H and O–H groups in total. The Kier molecular flexibility index (Phi) is 3.10. The van der Waals surface area contributed by atoms with E-state index in [1.807, 2.05) is 37.3 Å². The highest BCUT2D eigenvalue weighted by Crippen LogP contribution is 2.36. The molecule has 0 atom stereocenters. The molecular weight excluding hydrogens is 244 g/mol. The maximum absolute atomic E-state index is 5.70. The van der Waals surface area contributed by atoms with Crippen LogP contribution in [0.5, 0.6) is 23.1 Å². The molecule has 0 spiro atoms. The van der Waals surface area contributed by atoms with Crippen molar-refractivity contribution in [2.75, 3.05) is 18.7 Å². The first-order chi connectivity index (χ1) is 9.35. The van der Waals surface area contributed by atoms with E-state index in [1.54, 1.807) is 6.07 Å². The van der Waals surface area contributed by atoms with Crippen molar-refractivity contribution in [1.82, 2.24) is 4.98 Å². The van der Waals surface area contributed by atoms with Gasteiger partial charge in [-0.3, -0.25) is 0 Å². The molecule has 0 saturated heterocycles. The fourth-order valence-corrected chi connectivity index (χ4v) is 1.81. The third-order valence-electron chi connectivity index (χ3n) is 2.65. The number of hydrogen-bond acceptors (Lipinski definition) is 5. The van der Waals surface area contributed by atoms with Crippen LogP contribution in [0.1, 0.15) is 6.92 Å².